The van der Waals surface area contributed by atoms with Gasteiger partial charge in [0, 0.05) is 18.8 Å². The molecule has 2 unspecified atom stereocenters. The van der Waals surface area contributed by atoms with Gasteiger partial charge in [-0.05, 0) is 43.4 Å². The van der Waals surface area contributed by atoms with Gasteiger partial charge in [0.2, 0.25) is 0 Å². The fraction of sp³-hybridized carbons (Fsp3) is 0.615. The van der Waals surface area contributed by atoms with E-state index in [-0.39, 0.29) is 0 Å². The van der Waals surface area contributed by atoms with Crippen molar-refractivity contribution < 1.29 is 0 Å². The van der Waals surface area contributed by atoms with E-state index in [4.69, 9.17) is 5.73 Å². The van der Waals surface area contributed by atoms with Crippen LogP contribution in [0.2, 0.25) is 0 Å². The third-order valence-electron chi connectivity index (χ3n) is 3.43. The number of aromatic nitrogens is 1. The van der Waals surface area contributed by atoms with E-state index in [0.717, 1.165) is 12.4 Å². The van der Waals surface area contributed by atoms with Crippen LogP contribution < -0.4 is 11.1 Å². The molecule has 0 bridgehead atoms. The molecule has 1 aromatic rings. The lowest BCUT2D eigenvalue weighted by Gasteiger charge is -2.28. The summed E-state index contributed by atoms with van der Waals surface area (Å²) >= 11 is 0. The Morgan fingerprint density at radius 3 is 3.00 bits per heavy atom. The summed E-state index contributed by atoms with van der Waals surface area (Å²) in [6.07, 6.45) is 6.88. The normalized spacial score (nSPS) is 25.4. The van der Waals surface area contributed by atoms with Crippen LogP contribution >= 0.6 is 0 Å². The van der Waals surface area contributed by atoms with E-state index in [1.54, 1.807) is 0 Å². The fourth-order valence-electron chi connectivity index (χ4n) is 2.36. The molecule has 2 atom stereocenters. The van der Waals surface area contributed by atoms with Crippen molar-refractivity contribution in [2.24, 2.45) is 11.7 Å². The number of aryl methyl sites for hydroxylation is 1. The molecule has 3 nitrogen and oxygen atoms in total. The van der Waals surface area contributed by atoms with E-state index >= 15 is 0 Å². The highest BCUT2D eigenvalue weighted by Crippen LogP contribution is 2.23. The first kappa shape index (κ1) is 11.4. The minimum Gasteiger partial charge on any atom is -0.370 e. The Hall–Kier alpha value is -1.09. The van der Waals surface area contributed by atoms with E-state index in [1.807, 2.05) is 12.3 Å². The van der Waals surface area contributed by atoms with Gasteiger partial charge in [-0.1, -0.05) is 12.8 Å². The highest BCUT2D eigenvalue weighted by molar-refractivity contribution is 5.36. The van der Waals surface area contributed by atoms with E-state index in [0.29, 0.717) is 12.0 Å². The highest BCUT2D eigenvalue weighted by Gasteiger charge is 2.21. The quantitative estimate of drug-likeness (QED) is 0.820. The summed E-state index contributed by atoms with van der Waals surface area (Å²) in [6, 6.07) is 4.46. The molecule has 0 spiro atoms. The maximum Gasteiger partial charge on any atom is 0.126 e. The zero-order chi connectivity index (χ0) is 11.4. The molecule has 0 saturated heterocycles. The van der Waals surface area contributed by atoms with Crippen LogP contribution in [0.5, 0.6) is 0 Å². The summed E-state index contributed by atoms with van der Waals surface area (Å²) in [4.78, 5) is 4.30. The number of anilines is 1. The van der Waals surface area contributed by atoms with Crippen LogP contribution in [0.25, 0.3) is 0 Å². The van der Waals surface area contributed by atoms with Crippen molar-refractivity contribution in [1.29, 1.82) is 0 Å². The molecule has 2 rings (SSSR count). The summed E-state index contributed by atoms with van der Waals surface area (Å²) in [5.74, 6) is 1.58. The molecule has 0 aromatic carbocycles. The van der Waals surface area contributed by atoms with Crippen LogP contribution in [0.3, 0.4) is 0 Å². The van der Waals surface area contributed by atoms with Crippen LogP contribution in [0, 0.1) is 12.8 Å². The maximum absolute atomic E-state index is 6.11. The van der Waals surface area contributed by atoms with Gasteiger partial charge < -0.3 is 11.1 Å². The van der Waals surface area contributed by atoms with Crippen molar-refractivity contribution in [1.82, 2.24) is 4.98 Å². The molecule has 1 aromatic heterocycles. The van der Waals surface area contributed by atoms with E-state index < -0.39 is 0 Å². The number of rotatable bonds is 3. The third kappa shape index (κ3) is 2.95. The van der Waals surface area contributed by atoms with E-state index in [9.17, 15) is 0 Å². The molecule has 1 heterocycles. The predicted molar refractivity (Wildman–Crippen MR) is 67.4 cm³/mol. The largest absolute Gasteiger partial charge is 0.370 e. The Kier molecular flexibility index (Phi) is 3.78. The Morgan fingerprint density at radius 2 is 2.25 bits per heavy atom. The van der Waals surface area contributed by atoms with Gasteiger partial charge >= 0.3 is 0 Å². The van der Waals surface area contributed by atoms with Gasteiger partial charge in [-0.3, -0.25) is 0 Å². The van der Waals surface area contributed by atoms with Crippen molar-refractivity contribution in [3.63, 3.8) is 0 Å². The highest BCUT2D eigenvalue weighted by atomic mass is 15.0. The van der Waals surface area contributed by atoms with E-state index in [1.165, 1.54) is 31.2 Å². The Morgan fingerprint density at radius 1 is 1.44 bits per heavy atom. The van der Waals surface area contributed by atoms with Gasteiger partial charge in [0.1, 0.15) is 5.82 Å². The minimum atomic E-state index is 0.367. The third-order valence-corrected chi connectivity index (χ3v) is 3.43. The molecule has 0 radical (unpaired) electrons. The molecular formula is C13H21N3. The van der Waals surface area contributed by atoms with Crippen LogP contribution in [0.15, 0.2) is 18.3 Å². The van der Waals surface area contributed by atoms with Gasteiger partial charge in [0.15, 0.2) is 0 Å². The number of hydrogen-bond donors (Lipinski definition) is 2. The van der Waals surface area contributed by atoms with Gasteiger partial charge in [-0.25, -0.2) is 4.98 Å². The number of pyridine rings is 1. The first-order valence-corrected chi connectivity index (χ1v) is 6.18. The van der Waals surface area contributed by atoms with Crippen LogP contribution in [-0.4, -0.2) is 17.6 Å². The second kappa shape index (κ2) is 5.30. The molecule has 3 heteroatoms. The molecule has 1 fully saturated rings. The van der Waals surface area contributed by atoms with E-state index in [2.05, 4.69) is 23.3 Å². The number of nitrogens with one attached hydrogen (secondary N) is 1. The van der Waals surface area contributed by atoms with Crippen molar-refractivity contribution in [2.75, 3.05) is 11.9 Å². The Balaban J connectivity index is 1.86. The zero-order valence-corrected chi connectivity index (χ0v) is 9.95. The summed E-state index contributed by atoms with van der Waals surface area (Å²) in [6.45, 7) is 3.04. The van der Waals surface area contributed by atoms with Crippen molar-refractivity contribution in [2.45, 2.75) is 38.6 Å². The summed E-state index contributed by atoms with van der Waals surface area (Å²) in [5, 5.41) is 3.39. The number of nitrogens with two attached hydrogens (primary N) is 1. The molecule has 1 saturated carbocycles. The van der Waals surface area contributed by atoms with Crippen molar-refractivity contribution in [3.05, 3.63) is 23.9 Å². The van der Waals surface area contributed by atoms with Gasteiger partial charge in [0.05, 0.1) is 0 Å². The Labute approximate surface area is 97.5 Å². The molecule has 16 heavy (non-hydrogen) atoms. The van der Waals surface area contributed by atoms with Gasteiger partial charge in [-0.2, -0.15) is 0 Å². The maximum atomic E-state index is 6.11. The van der Waals surface area contributed by atoms with Gasteiger partial charge in [0.25, 0.3) is 0 Å². The molecule has 1 aliphatic carbocycles. The minimum absolute atomic E-state index is 0.367. The van der Waals surface area contributed by atoms with Crippen LogP contribution in [0.1, 0.15) is 31.2 Å². The summed E-state index contributed by atoms with van der Waals surface area (Å²) < 4.78 is 0. The second-order valence-electron chi connectivity index (χ2n) is 4.81. The predicted octanol–water partition coefficient (Wildman–Crippen LogP) is 2.32. The summed E-state index contributed by atoms with van der Waals surface area (Å²) in [7, 11) is 0. The smallest absolute Gasteiger partial charge is 0.126 e. The molecule has 0 amide bonds. The number of hydrogen-bond acceptors (Lipinski definition) is 3. The lowest BCUT2D eigenvalue weighted by Crippen LogP contribution is -2.37. The SMILES string of the molecule is Cc1ccnc(NCC2CCCCC2N)c1. The van der Waals surface area contributed by atoms with Crippen molar-refractivity contribution >= 4 is 5.82 Å². The van der Waals surface area contributed by atoms with Crippen molar-refractivity contribution in [3.8, 4) is 0 Å². The lowest BCUT2D eigenvalue weighted by molar-refractivity contribution is 0.321. The van der Waals surface area contributed by atoms with Gasteiger partial charge in [-0.15, -0.1) is 0 Å². The molecular weight excluding hydrogens is 198 g/mol. The second-order valence-corrected chi connectivity index (χ2v) is 4.81. The average molecular weight is 219 g/mol. The first-order chi connectivity index (χ1) is 7.75. The first-order valence-electron chi connectivity index (χ1n) is 6.18. The lowest BCUT2D eigenvalue weighted by atomic mass is 9.85. The zero-order valence-electron chi connectivity index (χ0n) is 9.95. The molecule has 0 aliphatic heterocycles. The standard InChI is InChI=1S/C13H21N3/c1-10-6-7-15-13(8-10)16-9-11-4-2-3-5-12(11)14/h6-8,11-12H,2-5,9,14H2,1H3,(H,15,16). The topological polar surface area (TPSA) is 50.9 Å². The molecule has 1 aliphatic rings. The molecule has 88 valence electrons. The summed E-state index contributed by atoms with van der Waals surface area (Å²) in [5.41, 5.74) is 7.35. The van der Waals surface area contributed by atoms with Crippen LogP contribution in [0.4, 0.5) is 5.82 Å². The monoisotopic (exact) mass is 219 g/mol. The Bertz CT molecular complexity index is 338. The van der Waals surface area contributed by atoms with Crippen LogP contribution in [-0.2, 0) is 0 Å². The fourth-order valence-corrected chi connectivity index (χ4v) is 2.36. The number of nitrogens with zero attached hydrogens (tertiary/aromatic N) is 1. The average Bonchev–Trinajstić information content (AvgIpc) is 2.28. The molecule has 3 N–H and O–H groups in total.